The first-order valence-electron chi connectivity index (χ1n) is 5.65. The van der Waals surface area contributed by atoms with E-state index in [-0.39, 0.29) is 11.9 Å². The van der Waals surface area contributed by atoms with Crippen molar-refractivity contribution in [1.29, 1.82) is 0 Å². The first-order valence-corrected chi connectivity index (χ1v) is 7.32. The van der Waals surface area contributed by atoms with Crippen molar-refractivity contribution < 1.29 is 4.39 Å². The molecular weight excluding hydrogens is 315 g/mol. The molecule has 2 N–H and O–H groups in total. The van der Waals surface area contributed by atoms with Gasteiger partial charge in [-0.2, -0.15) is 0 Å². The van der Waals surface area contributed by atoms with Crippen molar-refractivity contribution in [3.05, 3.63) is 50.1 Å². The Kier molecular flexibility index (Phi) is 4.48. The van der Waals surface area contributed by atoms with Gasteiger partial charge in [0.2, 0.25) is 0 Å². The quantitative estimate of drug-likeness (QED) is 0.933. The van der Waals surface area contributed by atoms with Crippen molar-refractivity contribution in [3.63, 3.8) is 0 Å². The molecule has 1 aromatic heterocycles. The molecule has 1 atom stereocenters. The molecule has 2 rings (SSSR count). The van der Waals surface area contributed by atoms with E-state index in [1.807, 2.05) is 12.3 Å². The summed E-state index contributed by atoms with van der Waals surface area (Å²) in [5.74, 6) is -0.241. The van der Waals surface area contributed by atoms with E-state index < -0.39 is 0 Å². The Hall–Kier alpha value is -0.780. The van der Waals surface area contributed by atoms with E-state index in [1.54, 1.807) is 17.4 Å². The van der Waals surface area contributed by atoms with Gasteiger partial charge in [-0.05, 0) is 31.0 Å². The van der Waals surface area contributed by atoms with Crippen molar-refractivity contribution >= 4 is 27.3 Å². The van der Waals surface area contributed by atoms with Crippen LogP contribution in [-0.4, -0.2) is 11.0 Å². The van der Waals surface area contributed by atoms with Gasteiger partial charge in [-0.15, -0.1) is 11.3 Å². The highest BCUT2D eigenvalue weighted by Crippen LogP contribution is 2.20. The SMILES string of the molecule is Cc1nc(CC(N)Cc2ccc(F)cc2Br)cs1. The van der Waals surface area contributed by atoms with Crippen LogP contribution >= 0.6 is 27.3 Å². The predicted octanol–water partition coefficient (Wildman–Crippen LogP) is 3.47. The summed E-state index contributed by atoms with van der Waals surface area (Å²) in [5.41, 5.74) is 8.16. The maximum Gasteiger partial charge on any atom is 0.124 e. The van der Waals surface area contributed by atoms with Crippen LogP contribution in [0.5, 0.6) is 0 Å². The third kappa shape index (κ3) is 3.60. The number of rotatable bonds is 4. The van der Waals surface area contributed by atoms with Crippen LogP contribution in [0, 0.1) is 12.7 Å². The zero-order chi connectivity index (χ0) is 13.1. The lowest BCUT2D eigenvalue weighted by molar-refractivity contribution is 0.621. The summed E-state index contributed by atoms with van der Waals surface area (Å²) in [7, 11) is 0. The fourth-order valence-electron chi connectivity index (χ4n) is 1.81. The molecule has 1 unspecified atom stereocenters. The molecule has 5 heteroatoms. The van der Waals surface area contributed by atoms with Crippen LogP contribution in [0.1, 0.15) is 16.3 Å². The van der Waals surface area contributed by atoms with Crippen LogP contribution < -0.4 is 5.73 Å². The molecule has 0 fully saturated rings. The van der Waals surface area contributed by atoms with Gasteiger partial charge in [0.05, 0.1) is 10.7 Å². The van der Waals surface area contributed by atoms with E-state index in [4.69, 9.17) is 5.73 Å². The largest absolute Gasteiger partial charge is 0.327 e. The first kappa shape index (κ1) is 13.6. The van der Waals surface area contributed by atoms with E-state index in [0.717, 1.165) is 27.2 Å². The fourth-order valence-corrected chi connectivity index (χ4v) is 2.95. The van der Waals surface area contributed by atoms with Crippen LogP contribution in [0.3, 0.4) is 0 Å². The average molecular weight is 329 g/mol. The lowest BCUT2D eigenvalue weighted by Gasteiger charge is -2.11. The summed E-state index contributed by atoms with van der Waals surface area (Å²) in [6.45, 7) is 1.98. The van der Waals surface area contributed by atoms with Gasteiger partial charge >= 0.3 is 0 Å². The maximum absolute atomic E-state index is 13.0. The third-order valence-corrected chi connectivity index (χ3v) is 4.20. The Morgan fingerprint density at radius 3 is 2.83 bits per heavy atom. The zero-order valence-electron chi connectivity index (χ0n) is 9.99. The monoisotopic (exact) mass is 328 g/mol. The average Bonchev–Trinajstić information content (AvgIpc) is 2.68. The van der Waals surface area contributed by atoms with Crippen LogP contribution in [0.4, 0.5) is 4.39 Å². The highest BCUT2D eigenvalue weighted by molar-refractivity contribution is 9.10. The van der Waals surface area contributed by atoms with Crippen LogP contribution in [-0.2, 0) is 12.8 Å². The van der Waals surface area contributed by atoms with Crippen molar-refractivity contribution in [1.82, 2.24) is 4.98 Å². The summed E-state index contributed by atoms with van der Waals surface area (Å²) < 4.78 is 13.7. The van der Waals surface area contributed by atoms with E-state index in [2.05, 4.69) is 20.9 Å². The molecule has 0 radical (unpaired) electrons. The number of benzene rings is 1. The number of thiazole rings is 1. The lowest BCUT2D eigenvalue weighted by atomic mass is 10.0. The fraction of sp³-hybridized carbons (Fsp3) is 0.308. The van der Waals surface area contributed by atoms with E-state index in [9.17, 15) is 4.39 Å². The number of aryl methyl sites for hydroxylation is 1. The molecule has 0 amide bonds. The first-order chi connectivity index (χ1) is 8.54. The molecule has 0 spiro atoms. The van der Waals surface area contributed by atoms with Gasteiger partial charge in [0.25, 0.3) is 0 Å². The number of hydrogen-bond donors (Lipinski definition) is 1. The normalized spacial score (nSPS) is 12.7. The van der Waals surface area contributed by atoms with Crippen LogP contribution in [0.25, 0.3) is 0 Å². The molecule has 0 bridgehead atoms. The Balaban J connectivity index is 2.00. The number of aromatic nitrogens is 1. The summed E-state index contributed by atoms with van der Waals surface area (Å²) in [6, 6.07) is 4.69. The molecule has 1 aromatic carbocycles. The molecule has 96 valence electrons. The third-order valence-electron chi connectivity index (χ3n) is 2.64. The molecule has 0 aliphatic heterocycles. The predicted molar refractivity (Wildman–Crippen MR) is 76.3 cm³/mol. The molecular formula is C13H14BrFN2S. The second kappa shape index (κ2) is 5.91. The molecule has 2 aromatic rings. The minimum Gasteiger partial charge on any atom is -0.327 e. The zero-order valence-corrected chi connectivity index (χ0v) is 12.4. The molecule has 0 saturated carbocycles. The van der Waals surface area contributed by atoms with E-state index >= 15 is 0 Å². The molecule has 18 heavy (non-hydrogen) atoms. The van der Waals surface area contributed by atoms with Crippen molar-refractivity contribution in [2.75, 3.05) is 0 Å². The highest BCUT2D eigenvalue weighted by atomic mass is 79.9. The number of nitrogens with zero attached hydrogens (tertiary/aromatic N) is 1. The van der Waals surface area contributed by atoms with Gasteiger partial charge < -0.3 is 5.73 Å². The Labute approximate surface area is 118 Å². The van der Waals surface area contributed by atoms with Crippen molar-refractivity contribution in [2.24, 2.45) is 5.73 Å². The highest BCUT2D eigenvalue weighted by Gasteiger charge is 2.10. The van der Waals surface area contributed by atoms with Gasteiger partial charge in [0.1, 0.15) is 5.82 Å². The van der Waals surface area contributed by atoms with E-state index in [1.165, 1.54) is 12.1 Å². The molecule has 1 heterocycles. The lowest BCUT2D eigenvalue weighted by Crippen LogP contribution is -2.25. The number of halogens is 2. The van der Waals surface area contributed by atoms with Crippen LogP contribution in [0.15, 0.2) is 28.1 Å². The van der Waals surface area contributed by atoms with Gasteiger partial charge in [0.15, 0.2) is 0 Å². The van der Waals surface area contributed by atoms with E-state index in [0.29, 0.717) is 6.42 Å². The molecule has 2 nitrogen and oxygen atoms in total. The Morgan fingerprint density at radius 2 is 2.22 bits per heavy atom. The van der Waals surface area contributed by atoms with Crippen molar-refractivity contribution in [2.45, 2.75) is 25.8 Å². The second-order valence-corrected chi connectivity index (χ2v) is 6.18. The smallest absolute Gasteiger partial charge is 0.124 e. The van der Waals surface area contributed by atoms with Gasteiger partial charge in [-0.1, -0.05) is 22.0 Å². The number of hydrogen-bond acceptors (Lipinski definition) is 3. The maximum atomic E-state index is 13.0. The Morgan fingerprint density at radius 1 is 1.44 bits per heavy atom. The molecule has 0 saturated heterocycles. The van der Waals surface area contributed by atoms with Gasteiger partial charge in [-0.25, -0.2) is 9.37 Å². The number of nitrogens with two attached hydrogens (primary N) is 1. The van der Waals surface area contributed by atoms with Gasteiger partial charge in [0, 0.05) is 22.3 Å². The molecule has 0 aliphatic rings. The second-order valence-electron chi connectivity index (χ2n) is 4.26. The standard InChI is InChI=1S/C13H14BrFN2S/c1-8-17-12(7-18-8)6-11(16)4-9-2-3-10(15)5-13(9)14/h2-3,5,7,11H,4,6,16H2,1H3. The minimum absolute atomic E-state index is 0.00624. The summed E-state index contributed by atoms with van der Waals surface area (Å²) in [4.78, 5) is 4.40. The van der Waals surface area contributed by atoms with Crippen LogP contribution in [0.2, 0.25) is 0 Å². The minimum atomic E-state index is -0.241. The molecule has 0 aliphatic carbocycles. The summed E-state index contributed by atoms with van der Waals surface area (Å²) in [6.07, 6.45) is 1.45. The summed E-state index contributed by atoms with van der Waals surface area (Å²) in [5, 5.41) is 3.09. The van der Waals surface area contributed by atoms with Gasteiger partial charge in [-0.3, -0.25) is 0 Å². The summed E-state index contributed by atoms with van der Waals surface area (Å²) >= 11 is 4.99. The topological polar surface area (TPSA) is 38.9 Å². The Bertz CT molecular complexity index is 542. The van der Waals surface area contributed by atoms with Crippen molar-refractivity contribution in [3.8, 4) is 0 Å².